The van der Waals surface area contributed by atoms with E-state index in [0.717, 1.165) is 24.9 Å². The summed E-state index contributed by atoms with van der Waals surface area (Å²) in [6, 6.07) is 4.01. The van der Waals surface area contributed by atoms with E-state index in [1.54, 1.807) is 13.2 Å². The zero-order valence-corrected chi connectivity index (χ0v) is 12.7. The molecule has 5 heteroatoms. The van der Waals surface area contributed by atoms with E-state index in [1.807, 2.05) is 6.07 Å². The molecule has 2 N–H and O–H groups in total. The van der Waals surface area contributed by atoms with E-state index in [9.17, 15) is 4.79 Å². The lowest BCUT2D eigenvalue weighted by molar-refractivity contribution is -0.114. The van der Waals surface area contributed by atoms with Gasteiger partial charge in [0, 0.05) is 18.0 Å². The number of carbonyl (C=O) groups excluding carboxylic acids is 1. The van der Waals surface area contributed by atoms with E-state index in [0.29, 0.717) is 22.5 Å². The highest BCUT2D eigenvalue weighted by molar-refractivity contribution is 6.32. The molecule has 0 bridgehead atoms. The van der Waals surface area contributed by atoms with Crippen molar-refractivity contribution in [3.63, 3.8) is 0 Å². The number of amides is 1. The number of carbonyl (C=O) groups is 1. The maximum Gasteiger partial charge on any atom is 0.221 e. The first-order valence-electron chi connectivity index (χ1n) is 6.98. The molecule has 1 amide bonds. The lowest BCUT2D eigenvalue weighted by Gasteiger charge is -2.25. The standard InChI is InChI=1S/C15H21ClN2O2/c1-10(19)18-15-12(9-11-5-3-4-8-17-11)13(16)6-7-14(15)20-2/h6-7,11,17H,3-5,8-9H2,1-2H3,(H,18,19). The number of hydrogen-bond donors (Lipinski definition) is 2. The molecule has 4 nitrogen and oxygen atoms in total. The van der Waals surface area contributed by atoms with Crippen molar-refractivity contribution in [3.8, 4) is 5.75 Å². The van der Waals surface area contributed by atoms with Crippen molar-refractivity contribution in [2.75, 3.05) is 19.0 Å². The van der Waals surface area contributed by atoms with Gasteiger partial charge in [0.15, 0.2) is 0 Å². The lowest BCUT2D eigenvalue weighted by Crippen LogP contribution is -2.35. The smallest absolute Gasteiger partial charge is 0.221 e. The van der Waals surface area contributed by atoms with Crippen molar-refractivity contribution in [1.29, 1.82) is 0 Å². The van der Waals surface area contributed by atoms with Crippen LogP contribution in [0.5, 0.6) is 5.75 Å². The van der Waals surface area contributed by atoms with E-state index in [2.05, 4.69) is 10.6 Å². The Bertz CT molecular complexity index is 485. The van der Waals surface area contributed by atoms with Crippen LogP contribution in [-0.4, -0.2) is 25.6 Å². The largest absolute Gasteiger partial charge is 0.495 e. The van der Waals surface area contributed by atoms with Gasteiger partial charge >= 0.3 is 0 Å². The third-order valence-corrected chi connectivity index (χ3v) is 3.96. The van der Waals surface area contributed by atoms with Crippen LogP contribution in [0.2, 0.25) is 5.02 Å². The number of hydrogen-bond acceptors (Lipinski definition) is 3. The molecule has 0 aliphatic carbocycles. The van der Waals surface area contributed by atoms with Gasteiger partial charge in [-0.2, -0.15) is 0 Å². The van der Waals surface area contributed by atoms with Crippen LogP contribution < -0.4 is 15.4 Å². The molecule has 0 aromatic heterocycles. The molecule has 1 aromatic rings. The zero-order valence-electron chi connectivity index (χ0n) is 12.0. The van der Waals surface area contributed by atoms with Crippen LogP contribution in [0.3, 0.4) is 0 Å². The highest BCUT2D eigenvalue weighted by atomic mass is 35.5. The predicted octanol–water partition coefficient (Wildman–Crippen LogP) is 2.99. The fourth-order valence-electron chi connectivity index (χ4n) is 2.63. The van der Waals surface area contributed by atoms with Crippen molar-refractivity contribution >= 4 is 23.2 Å². The summed E-state index contributed by atoms with van der Waals surface area (Å²) in [5.74, 6) is 0.527. The molecule has 0 saturated carbocycles. The minimum Gasteiger partial charge on any atom is -0.495 e. The highest BCUT2D eigenvalue weighted by Gasteiger charge is 2.20. The summed E-state index contributed by atoms with van der Waals surface area (Å²) >= 11 is 6.33. The summed E-state index contributed by atoms with van der Waals surface area (Å²) < 4.78 is 5.34. The van der Waals surface area contributed by atoms with Crippen molar-refractivity contribution < 1.29 is 9.53 Å². The summed E-state index contributed by atoms with van der Waals surface area (Å²) in [6.07, 6.45) is 4.38. The summed E-state index contributed by atoms with van der Waals surface area (Å²) in [7, 11) is 1.59. The monoisotopic (exact) mass is 296 g/mol. The summed E-state index contributed by atoms with van der Waals surface area (Å²) in [5.41, 5.74) is 1.64. The average molecular weight is 297 g/mol. The summed E-state index contributed by atoms with van der Waals surface area (Å²) in [4.78, 5) is 11.4. The number of piperidine rings is 1. The number of halogens is 1. The minimum absolute atomic E-state index is 0.122. The van der Waals surface area contributed by atoms with Crippen LogP contribution in [0, 0.1) is 0 Å². The maximum atomic E-state index is 11.4. The fraction of sp³-hybridized carbons (Fsp3) is 0.533. The van der Waals surface area contributed by atoms with E-state index in [1.165, 1.54) is 19.8 Å². The molecule has 2 rings (SSSR count). The SMILES string of the molecule is COc1ccc(Cl)c(CC2CCCCN2)c1NC(C)=O. The maximum absolute atomic E-state index is 11.4. The molecule has 1 aliphatic heterocycles. The molecular weight excluding hydrogens is 276 g/mol. The summed E-state index contributed by atoms with van der Waals surface area (Å²) in [5, 5.41) is 7.02. The molecule has 1 aromatic carbocycles. The first-order chi connectivity index (χ1) is 9.61. The van der Waals surface area contributed by atoms with Crippen molar-refractivity contribution in [3.05, 3.63) is 22.7 Å². The fourth-order valence-corrected chi connectivity index (χ4v) is 2.86. The van der Waals surface area contributed by atoms with Gasteiger partial charge in [0.05, 0.1) is 12.8 Å². The first kappa shape index (κ1) is 15.1. The van der Waals surface area contributed by atoms with Crippen LogP contribution in [0.25, 0.3) is 0 Å². The number of ether oxygens (including phenoxy) is 1. The van der Waals surface area contributed by atoms with Gasteiger partial charge in [-0.25, -0.2) is 0 Å². The average Bonchev–Trinajstić information content (AvgIpc) is 2.44. The minimum atomic E-state index is -0.122. The van der Waals surface area contributed by atoms with Gasteiger partial charge < -0.3 is 15.4 Å². The van der Waals surface area contributed by atoms with Gasteiger partial charge in [0.2, 0.25) is 5.91 Å². The van der Waals surface area contributed by atoms with Crippen LogP contribution in [0.15, 0.2) is 12.1 Å². The second kappa shape index (κ2) is 6.95. The number of benzene rings is 1. The lowest BCUT2D eigenvalue weighted by atomic mass is 9.96. The highest BCUT2D eigenvalue weighted by Crippen LogP contribution is 2.35. The molecule has 110 valence electrons. The first-order valence-corrected chi connectivity index (χ1v) is 7.36. The Labute approximate surface area is 124 Å². The molecule has 1 fully saturated rings. The van der Waals surface area contributed by atoms with Crippen molar-refractivity contribution in [2.24, 2.45) is 0 Å². The quantitative estimate of drug-likeness (QED) is 0.898. The number of rotatable bonds is 4. The Morgan fingerprint density at radius 1 is 1.50 bits per heavy atom. The third kappa shape index (κ3) is 3.64. The predicted molar refractivity (Wildman–Crippen MR) is 81.7 cm³/mol. The van der Waals surface area contributed by atoms with Gasteiger partial charge in [-0.1, -0.05) is 18.0 Å². The van der Waals surface area contributed by atoms with Gasteiger partial charge in [-0.05, 0) is 43.5 Å². The van der Waals surface area contributed by atoms with Crippen LogP contribution in [-0.2, 0) is 11.2 Å². The van der Waals surface area contributed by atoms with Gasteiger partial charge in [0.25, 0.3) is 0 Å². The van der Waals surface area contributed by atoms with Gasteiger partial charge in [-0.15, -0.1) is 0 Å². The zero-order chi connectivity index (χ0) is 14.5. The Kier molecular flexibility index (Phi) is 5.26. The molecule has 1 saturated heterocycles. The van der Waals surface area contributed by atoms with Crippen molar-refractivity contribution in [1.82, 2.24) is 5.32 Å². The topological polar surface area (TPSA) is 50.4 Å². The molecule has 1 heterocycles. The molecule has 0 spiro atoms. The Balaban J connectivity index is 2.30. The van der Waals surface area contributed by atoms with E-state index >= 15 is 0 Å². The molecule has 0 radical (unpaired) electrons. The second-order valence-corrected chi connectivity index (χ2v) is 5.54. The van der Waals surface area contributed by atoms with Crippen LogP contribution >= 0.6 is 11.6 Å². The molecule has 20 heavy (non-hydrogen) atoms. The Morgan fingerprint density at radius 3 is 2.90 bits per heavy atom. The van der Waals surface area contributed by atoms with Crippen LogP contribution in [0.4, 0.5) is 5.69 Å². The number of anilines is 1. The normalized spacial score (nSPS) is 18.6. The second-order valence-electron chi connectivity index (χ2n) is 5.14. The molecule has 1 aliphatic rings. The molecule has 1 unspecified atom stereocenters. The van der Waals surface area contributed by atoms with E-state index in [4.69, 9.17) is 16.3 Å². The summed E-state index contributed by atoms with van der Waals surface area (Å²) in [6.45, 7) is 2.53. The van der Waals surface area contributed by atoms with Crippen molar-refractivity contribution in [2.45, 2.75) is 38.6 Å². The molecular formula is C15H21ClN2O2. The van der Waals surface area contributed by atoms with Crippen LogP contribution in [0.1, 0.15) is 31.7 Å². The third-order valence-electron chi connectivity index (χ3n) is 3.60. The Hall–Kier alpha value is -1.26. The number of methoxy groups -OCH3 is 1. The van der Waals surface area contributed by atoms with Gasteiger partial charge in [-0.3, -0.25) is 4.79 Å². The number of nitrogens with one attached hydrogen (secondary N) is 2. The Morgan fingerprint density at radius 2 is 2.30 bits per heavy atom. The van der Waals surface area contributed by atoms with E-state index < -0.39 is 0 Å². The van der Waals surface area contributed by atoms with Gasteiger partial charge in [0.1, 0.15) is 5.75 Å². The van der Waals surface area contributed by atoms with E-state index in [-0.39, 0.29) is 5.91 Å². The molecule has 1 atom stereocenters.